The molecule has 3 nitrogen and oxygen atoms in total. The topological polar surface area (TPSA) is 30.7 Å². The minimum absolute atomic E-state index is 0.309. The summed E-state index contributed by atoms with van der Waals surface area (Å²) in [6.07, 6.45) is 0. The second-order valence-electron chi connectivity index (χ2n) is 4.37. The highest BCUT2D eigenvalue weighted by Crippen LogP contribution is 2.30. The number of aromatic nitrogens is 3. The van der Waals surface area contributed by atoms with Crippen LogP contribution in [0.3, 0.4) is 0 Å². The molecule has 106 valence electrons. The fraction of sp³-hybridized carbons (Fsp3) is 0.0667. The van der Waals surface area contributed by atoms with Gasteiger partial charge in [-0.3, -0.25) is 4.57 Å². The van der Waals surface area contributed by atoms with Crippen molar-refractivity contribution in [3.05, 3.63) is 64.6 Å². The third kappa shape index (κ3) is 2.78. The summed E-state index contributed by atoms with van der Waals surface area (Å²) in [4.78, 5) is 0. The number of hydrogen-bond acceptors (Lipinski definition) is 2. The first-order chi connectivity index (χ1) is 10.2. The quantitative estimate of drug-likeness (QED) is 0.584. The lowest BCUT2D eigenvalue weighted by molar-refractivity contribution is 0.628. The van der Waals surface area contributed by atoms with E-state index < -0.39 is 0 Å². The van der Waals surface area contributed by atoms with E-state index in [1.807, 2.05) is 34.9 Å². The first kappa shape index (κ1) is 14.4. The molecule has 0 saturated carbocycles. The average Bonchev–Trinajstić information content (AvgIpc) is 2.94. The van der Waals surface area contributed by atoms with Crippen molar-refractivity contribution in [2.24, 2.45) is 0 Å². The molecule has 0 amide bonds. The predicted molar refractivity (Wildman–Crippen MR) is 87.1 cm³/mol. The summed E-state index contributed by atoms with van der Waals surface area (Å²) in [5, 5.41) is 8.96. The third-order valence-corrected chi connectivity index (χ3v) is 4.23. The van der Waals surface area contributed by atoms with Gasteiger partial charge in [-0.25, -0.2) is 4.39 Å². The lowest BCUT2D eigenvalue weighted by Gasteiger charge is -2.10. The van der Waals surface area contributed by atoms with E-state index in [4.69, 9.17) is 0 Å². The summed E-state index contributed by atoms with van der Waals surface area (Å²) < 4.78 is 16.3. The number of rotatable bonds is 3. The van der Waals surface area contributed by atoms with E-state index in [9.17, 15) is 4.39 Å². The molecule has 0 aliphatic rings. The van der Waals surface area contributed by atoms with E-state index in [0.717, 1.165) is 16.0 Å². The number of halogens is 3. The van der Waals surface area contributed by atoms with Crippen LogP contribution in [-0.2, 0) is 5.33 Å². The van der Waals surface area contributed by atoms with Crippen LogP contribution in [0.25, 0.3) is 17.1 Å². The van der Waals surface area contributed by atoms with E-state index in [2.05, 4.69) is 42.1 Å². The molecule has 0 saturated heterocycles. The Labute approximate surface area is 138 Å². The fourth-order valence-electron chi connectivity index (χ4n) is 2.09. The molecule has 0 spiro atoms. The maximum atomic E-state index is 13.6. The Hall–Kier alpha value is -1.53. The van der Waals surface area contributed by atoms with Crippen molar-refractivity contribution >= 4 is 31.9 Å². The minimum Gasteiger partial charge on any atom is -0.278 e. The summed E-state index contributed by atoms with van der Waals surface area (Å²) >= 11 is 6.86. The van der Waals surface area contributed by atoms with E-state index in [1.165, 1.54) is 12.1 Å². The largest absolute Gasteiger partial charge is 0.278 e. The molecule has 21 heavy (non-hydrogen) atoms. The molecular weight excluding hydrogens is 401 g/mol. The molecule has 2 aromatic carbocycles. The zero-order valence-corrected chi connectivity index (χ0v) is 14.0. The van der Waals surface area contributed by atoms with Crippen molar-refractivity contribution < 1.29 is 4.39 Å². The summed E-state index contributed by atoms with van der Waals surface area (Å²) in [6, 6.07) is 14.3. The SMILES string of the molecule is Fc1ccc(Br)c(-c2nnc(CBr)n2-c2ccccc2)c1. The maximum Gasteiger partial charge on any atom is 0.169 e. The number of nitrogens with zero attached hydrogens (tertiary/aromatic N) is 3. The van der Waals surface area contributed by atoms with Crippen molar-refractivity contribution in [1.29, 1.82) is 0 Å². The van der Waals surface area contributed by atoms with Crippen LogP contribution in [-0.4, -0.2) is 14.8 Å². The molecule has 0 aliphatic carbocycles. The van der Waals surface area contributed by atoms with Crippen LogP contribution in [0, 0.1) is 5.82 Å². The van der Waals surface area contributed by atoms with Gasteiger partial charge in [-0.2, -0.15) is 0 Å². The van der Waals surface area contributed by atoms with Gasteiger partial charge in [0.25, 0.3) is 0 Å². The summed E-state index contributed by atoms with van der Waals surface area (Å²) in [5.74, 6) is 1.05. The smallest absolute Gasteiger partial charge is 0.169 e. The van der Waals surface area contributed by atoms with E-state index >= 15 is 0 Å². The van der Waals surface area contributed by atoms with E-state index in [-0.39, 0.29) is 5.82 Å². The molecular formula is C15H10Br2FN3. The maximum absolute atomic E-state index is 13.6. The average molecular weight is 411 g/mol. The minimum atomic E-state index is -0.309. The molecule has 0 fully saturated rings. The van der Waals surface area contributed by atoms with Crippen molar-refractivity contribution in [3.63, 3.8) is 0 Å². The lowest BCUT2D eigenvalue weighted by Crippen LogP contribution is -2.02. The Morgan fingerprint density at radius 1 is 1.05 bits per heavy atom. The van der Waals surface area contributed by atoms with Gasteiger partial charge in [0.2, 0.25) is 0 Å². The monoisotopic (exact) mass is 409 g/mol. The molecule has 6 heteroatoms. The van der Waals surface area contributed by atoms with Crippen molar-refractivity contribution in [3.8, 4) is 17.1 Å². The Kier molecular flexibility index (Phi) is 4.17. The Balaban J connectivity index is 2.25. The Morgan fingerprint density at radius 3 is 2.52 bits per heavy atom. The second kappa shape index (κ2) is 6.07. The molecule has 3 aromatic rings. The Morgan fingerprint density at radius 2 is 1.81 bits per heavy atom. The van der Waals surface area contributed by atoms with Crippen molar-refractivity contribution in [2.45, 2.75) is 5.33 Å². The highest BCUT2D eigenvalue weighted by Gasteiger charge is 2.17. The zero-order valence-electron chi connectivity index (χ0n) is 10.8. The third-order valence-electron chi connectivity index (χ3n) is 3.03. The van der Waals surface area contributed by atoms with Crippen LogP contribution in [0.1, 0.15) is 5.82 Å². The standard InChI is InChI=1S/C15H10Br2FN3/c16-9-14-19-20-15(12-8-10(18)6-7-13(12)17)21(14)11-4-2-1-3-5-11/h1-8H,9H2. The number of alkyl halides is 1. The molecule has 1 aromatic heterocycles. The van der Waals surface area contributed by atoms with Crippen molar-refractivity contribution in [2.75, 3.05) is 0 Å². The van der Waals surface area contributed by atoms with E-state index in [1.54, 1.807) is 6.07 Å². The highest BCUT2D eigenvalue weighted by molar-refractivity contribution is 9.10. The number of hydrogen-bond donors (Lipinski definition) is 0. The van der Waals surface area contributed by atoms with Gasteiger partial charge < -0.3 is 0 Å². The van der Waals surface area contributed by atoms with Gasteiger partial charge in [-0.05, 0) is 30.3 Å². The van der Waals surface area contributed by atoms with Gasteiger partial charge in [0, 0.05) is 15.7 Å². The summed E-state index contributed by atoms with van der Waals surface area (Å²) in [6.45, 7) is 0. The normalized spacial score (nSPS) is 10.8. The molecule has 1 heterocycles. The predicted octanol–water partition coefficient (Wildman–Crippen LogP) is 4.73. The number of benzene rings is 2. The van der Waals surface area contributed by atoms with Crippen LogP contribution in [0.4, 0.5) is 4.39 Å². The fourth-order valence-corrected chi connectivity index (χ4v) is 2.88. The Bertz CT molecular complexity index is 772. The molecule has 0 aliphatic heterocycles. The van der Waals surface area contributed by atoms with Gasteiger partial charge >= 0.3 is 0 Å². The molecule has 0 unspecified atom stereocenters. The molecule has 0 bridgehead atoms. The van der Waals surface area contributed by atoms with Crippen LogP contribution < -0.4 is 0 Å². The van der Waals surface area contributed by atoms with Crippen molar-refractivity contribution in [1.82, 2.24) is 14.8 Å². The first-order valence-corrected chi connectivity index (χ1v) is 8.13. The van der Waals surface area contributed by atoms with E-state index in [0.29, 0.717) is 16.7 Å². The van der Waals surface area contributed by atoms with Gasteiger partial charge in [-0.15, -0.1) is 10.2 Å². The summed E-state index contributed by atoms with van der Waals surface area (Å²) in [7, 11) is 0. The molecule has 0 N–H and O–H groups in total. The van der Waals surface area contributed by atoms with Gasteiger partial charge in [0.05, 0.1) is 5.33 Å². The molecule has 0 atom stereocenters. The lowest BCUT2D eigenvalue weighted by atomic mass is 10.2. The highest BCUT2D eigenvalue weighted by atomic mass is 79.9. The van der Waals surface area contributed by atoms with Crippen LogP contribution in [0.2, 0.25) is 0 Å². The first-order valence-electron chi connectivity index (χ1n) is 6.22. The number of para-hydroxylation sites is 1. The summed E-state index contributed by atoms with van der Waals surface area (Å²) in [5.41, 5.74) is 1.60. The second-order valence-corrected chi connectivity index (χ2v) is 5.78. The van der Waals surface area contributed by atoms with Gasteiger partial charge in [0.15, 0.2) is 5.82 Å². The van der Waals surface area contributed by atoms with Gasteiger partial charge in [-0.1, -0.05) is 50.1 Å². The molecule has 0 radical (unpaired) electrons. The van der Waals surface area contributed by atoms with Crippen LogP contribution in [0.15, 0.2) is 53.0 Å². The molecule has 3 rings (SSSR count). The zero-order chi connectivity index (χ0) is 14.8. The van der Waals surface area contributed by atoms with Crippen LogP contribution >= 0.6 is 31.9 Å². The van der Waals surface area contributed by atoms with Crippen LogP contribution in [0.5, 0.6) is 0 Å². The van der Waals surface area contributed by atoms with Gasteiger partial charge in [0.1, 0.15) is 11.6 Å².